The van der Waals surface area contributed by atoms with Crippen molar-refractivity contribution in [1.29, 1.82) is 0 Å². The Morgan fingerprint density at radius 1 is 1.64 bits per heavy atom. The zero-order valence-electron chi connectivity index (χ0n) is 8.53. The van der Waals surface area contributed by atoms with E-state index in [1.807, 2.05) is 0 Å². The van der Waals surface area contributed by atoms with Gasteiger partial charge in [-0.2, -0.15) is 5.10 Å². The van der Waals surface area contributed by atoms with Gasteiger partial charge in [0.25, 0.3) is 0 Å². The molecule has 0 saturated carbocycles. The van der Waals surface area contributed by atoms with Crippen molar-refractivity contribution in [2.45, 2.75) is 38.6 Å². The summed E-state index contributed by atoms with van der Waals surface area (Å²) in [6, 6.07) is 0.192. The Hall–Kier alpha value is -0.900. The van der Waals surface area contributed by atoms with Gasteiger partial charge in [0, 0.05) is 12.3 Å². The number of hydrogen-bond acceptors (Lipinski definition) is 3. The molecule has 2 heterocycles. The van der Waals surface area contributed by atoms with E-state index < -0.39 is 0 Å². The lowest BCUT2D eigenvalue weighted by atomic mass is 10.1. The fourth-order valence-electron chi connectivity index (χ4n) is 1.93. The summed E-state index contributed by atoms with van der Waals surface area (Å²) in [5, 5.41) is 6.00. The largest absolute Gasteiger partial charge is 0.379 e. The highest BCUT2D eigenvalue weighted by Gasteiger charge is 2.31. The molecule has 78 valence electrons. The lowest BCUT2D eigenvalue weighted by molar-refractivity contribution is -0.130. The average Bonchev–Trinajstić information content (AvgIpc) is 2.74. The molecule has 2 rings (SSSR count). The molecule has 4 nitrogen and oxygen atoms in total. The number of hydrazone groups is 1. The smallest absolute Gasteiger partial charge is 0.248 e. The maximum atomic E-state index is 11.6. The fraction of sp³-hybridized carbons (Fsp3) is 0.800. The van der Waals surface area contributed by atoms with E-state index in [-0.39, 0.29) is 11.9 Å². The van der Waals surface area contributed by atoms with E-state index in [2.05, 4.69) is 12.0 Å². The topological polar surface area (TPSA) is 41.9 Å². The van der Waals surface area contributed by atoms with Gasteiger partial charge in [-0.1, -0.05) is 13.3 Å². The third kappa shape index (κ3) is 1.80. The Kier molecular flexibility index (Phi) is 2.82. The van der Waals surface area contributed by atoms with Crippen LogP contribution in [0.4, 0.5) is 0 Å². The van der Waals surface area contributed by atoms with Gasteiger partial charge in [0.05, 0.1) is 19.1 Å². The highest BCUT2D eigenvalue weighted by Crippen LogP contribution is 2.20. The van der Waals surface area contributed by atoms with Crippen LogP contribution in [0, 0.1) is 0 Å². The van der Waals surface area contributed by atoms with Crippen molar-refractivity contribution in [3.8, 4) is 0 Å². The summed E-state index contributed by atoms with van der Waals surface area (Å²) in [5.41, 5.74) is 1.03. The first-order valence-electron chi connectivity index (χ1n) is 5.27. The van der Waals surface area contributed by atoms with Crippen LogP contribution in [-0.2, 0) is 9.53 Å². The average molecular weight is 196 g/mol. The Bertz CT molecular complexity index is 257. The number of nitrogens with zero attached hydrogens (tertiary/aromatic N) is 2. The monoisotopic (exact) mass is 196 g/mol. The lowest BCUT2D eigenvalue weighted by Crippen LogP contribution is -2.33. The molecule has 0 aliphatic carbocycles. The molecule has 1 amide bonds. The van der Waals surface area contributed by atoms with Gasteiger partial charge in [0.2, 0.25) is 5.91 Å². The minimum atomic E-state index is 0.143. The first-order chi connectivity index (χ1) is 6.81. The summed E-state index contributed by atoms with van der Waals surface area (Å²) in [6.07, 6.45) is 3.44. The Morgan fingerprint density at radius 3 is 3.14 bits per heavy atom. The lowest BCUT2D eigenvalue weighted by Gasteiger charge is -2.17. The van der Waals surface area contributed by atoms with E-state index >= 15 is 0 Å². The summed E-state index contributed by atoms with van der Waals surface area (Å²) < 4.78 is 5.25. The van der Waals surface area contributed by atoms with Crippen LogP contribution < -0.4 is 0 Å². The molecule has 0 bridgehead atoms. The highest BCUT2D eigenvalue weighted by atomic mass is 16.5. The van der Waals surface area contributed by atoms with E-state index in [1.165, 1.54) is 0 Å². The molecule has 1 fully saturated rings. The number of carbonyl (C=O) groups excluding carboxylic acids is 1. The van der Waals surface area contributed by atoms with E-state index in [0.29, 0.717) is 13.0 Å². The van der Waals surface area contributed by atoms with Crippen molar-refractivity contribution >= 4 is 11.6 Å². The van der Waals surface area contributed by atoms with E-state index in [4.69, 9.17) is 4.74 Å². The van der Waals surface area contributed by atoms with E-state index in [1.54, 1.807) is 5.01 Å². The summed E-state index contributed by atoms with van der Waals surface area (Å²) in [4.78, 5) is 11.6. The predicted octanol–water partition coefficient (Wildman–Crippen LogP) is 1.16. The summed E-state index contributed by atoms with van der Waals surface area (Å²) in [5.74, 6) is 0.143. The second-order valence-corrected chi connectivity index (χ2v) is 3.85. The fourth-order valence-corrected chi connectivity index (χ4v) is 1.93. The number of hydrogen-bond donors (Lipinski definition) is 0. The van der Waals surface area contributed by atoms with Gasteiger partial charge < -0.3 is 4.74 Å². The van der Waals surface area contributed by atoms with Gasteiger partial charge in [-0.05, 0) is 12.8 Å². The minimum absolute atomic E-state index is 0.143. The molecule has 4 heteroatoms. The number of rotatable bonds is 3. The molecule has 0 aromatic carbocycles. The summed E-state index contributed by atoms with van der Waals surface area (Å²) in [6.45, 7) is 3.51. The second-order valence-electron chi connectivity index (χ2n) is 3.85. The molecule has 1 saturated heterocycles. The normalized spacial score (nSPS) is 27.2. The van der Waals surface area contributed by atoms with Crippen LogP contribution in [0.25, 0.3) is 0 Å². The summed E-state index contributed by atoms with van der Waals surface area (Å²) in [7, 11) is 0. The molecule has 1 unspecified atom stereocenters. The second kappa shape index (κ2) is 4.09. The van der Waals surface area contributed by atoms with Gasteiger partial charge in [-0.25, -0.2) is 5.01 Å². The standard InChI is InChI=1S/C10H16N2O2/c1-2-3-8-6-10(13)12(11-8)9-4-5-14-7-9/h9H,2-7H2,1H3. The third-order valence-corrected chi connectivity index (χ3v) is 2.65. The van der Waals surface area contributed by atoms with Gasteiger partial charge in [-0.3, -0.25) is 4.79 Å². The van der Waals surface area contributed by atoms with Crippen LogP contribution in [0.1, 0.15) is 32.6 Å². The molecule has 0 N–H and O–H groups in total. The number of ether oxygens (including phenoxy) is 1. The van der Waals surface area contributed by atoms with Crippen molar-refractivity contribution in [2.75, 3.05) is 13.2 Å². The van der Waals surface area contributed by atoms with E-state index in [9.17, 15) is 4.79 Å². The molecular weight excluding hydrogens is 180 g/mol. The van der Waals surface area contributed by atoms with Crippen molar-refractivity contribution in [2.24, 2.45) is 5.10 Å². The molecule has 14 heavy (non-hydrogen) atoms. The molecule has 1 atom stereocenters. The molecule has 0 spiro atoms. The van der Waals surface area contributed by atoms with Crippen molar-refractivity contribution in [3.63, 3.8) is 0 Å². The number of carbonyl (C=O) groups is 1. The zero-order chi connectivity index (χ0) is 9.97. The van der Waals surface area contributed by atoms with Crippen LogP contribution in [0.15, 0.2) is 5.10 Å². The maximum absolute atomic E-state index is 11.6. The first-order valence-corrected chi connectivity index (χ1v) is 5.27. The molecule has 0 aromatic rings. The molecule has 2 aliphatic rings. The van der Waals surface area contributed by atoms with Gasteiger partial charge in [0.15, 0.2) is 0 Å². The molecular formula is C10H16N2O2. The first kappa shape index (κ1) is 9.65. The van der Waals surface area contributed by atoms with Crippen LogP contribution in [0.3, 0.4) is 0 Å². The quantitative estimate of drug-likeness (QED) is 0.679. The van der Waals surface area contributed by atoms with Crippen LogP contribution >= 0.6 is 0 Å². The zero-order valence-corrected chi connectivity index (χ0v) is 8.53. The van der Waals surface area contributed by atoms with Crippen LogP contribution in [-0.4, -0.2) is 35.9 Å². The SMILES string of the molecule is CCCC1=NN(C2CCOC2)C(=O)C1. The van der Waals surface area contributed by atoms with Crippen LogP contribution in [0.2, 0.25) is 0 Å². The summed E-state index contributed by atoms with van der Waals surface area (Å²) >= 11 is 0. The van der Waals surface area contributed by atoms with Crippen molar-refractivity contribution < 1.29 is 9.53 Å². The number of amides is 1. The Morgan fingerprint density at radius 2 is 2.50 bits per heavy atom. The minimum Gasteiger partial charge on any atom is -0.379 e. The van der Waals surface area contributed by atoms with Crippen molar-refractivity contribution in [1.82, 2.24) is 5.01 Å². The molecule has 0 radical (unpaired) electrons. The van der Waals surface area contributed by atoms with Gasteiger partial charge in [-0.15, -0.1) is 0 Å². The maximum Gasteiger partial charge on any atom is 0.248 e. The molecule has 2 aliphatic heterocycles. The van der Waals surface area contributed by atoms with Gasteiger partial charge >= 0.3 is 0 Å². The van der Waals surface area contributed by atoms with Crippen LogP contribution in [0.5, 0.6) is 0 Å². The van der Waals surface area contributed by atoms with Crippen molar-refractivity contribution in [3.05, 3.63) is 0 Å². The Balaban J connectivity index is 2.00. The third-order valence-electron chi connectivity index (χ3n) is 2.65. The Labute approximate surface area is 83.9 Å². The van der Waals surface area contributed by atoms with E-state index in [0.717, 1.165) is 31.6 Å². The molecule has 0 aromatic heterocycles. The van der Waals surface area contributed by atoms with Gasteiger partial charge in [0.1, 0.15) is 0 Å². The highest BCUT2D eigenvalue weighted by molar-refractivity contribution is 6.05. The predicted molar refractivity (Wildman–Crippen MR) is 53.0 cm³/mol.